The van der Waals surface area contributed by atoms with E-state index in [2.05, 4.69) is 21.2 Å². The third kappa shape index (κ3) is 3.73. The van der Waals surface area contributed by atoms with Gasteiger partial charge in [0, 0.05) is 12.6 Å². The minimum absolute atomic E-state index is 0.0353. The van der Waals surface area contributed by atoms with Gasteiger partial charge in [0.2, 0.25) is 5.91 Å². The Bertz CT molecular complexity index is 1110. The summed E-state index contributed by atoms with van der Waals surface area (Å²) in [6, 6.07) is 15.4. The molecule has 0 aliphatic heterocycles. The Morgan fingerprint density at radius 1 is 1.08 bits per heavy atom. The largest absolute Gasteiger partial charge is 0.378 e. The van der Waals surface area contributed by atoms with Gasteiger partial charge >= 0.3 is 10.1 Å². The van der Waals surface area contributed by atoms with Crippen LogP contribution in [-0.2, 0) is 14.9 Å². The maximum Gasteiger partial charge on any atom is 0.339 e. The third-order valence-electron chi connectivity index (χ3n) is 3.84. The fourth-order valence-electron chi connectivity index (χ4n) is 2.53. The van der Waals surface area contributed by atoms with Gasteiger partial charge < -0.3 is 9.50 Å². The van der Waals surface area contributed by atoms with Crippen LogP contribution >= 0.6 is 15.9 Å². The first kappa shape index (κ1) is 18.4. The standard InChI is InChI=1S/C19H16BrNO4S/c1-12-7-9-15(11-17(12)21-13(2)22)26(23,24)25-18-10-8-14-5-3-4-6-16(14)19(18)20/h3-11H,1-2H3,(H,21,22). The Morgan fingerprint density at radius 2 is 1.81 bits per heavy atom. The Hall–Kier alpha value is -2.38. The summed E-state index contributed by atoms with van der Waals surface area (Å²) in [5, 5.41) is 4.43. The molecule has 0 aliphatic carbocycles. The fourth-order valence-corrected chi connectivity index (χ4v) is 4.17. The predicted octanol–water partition coefficient (Wildman–Crippen LogP) is 4.64. The maximum absolute atomic E-state index is 12.7. The maximum atomic E-state index is 12.7. The first-order valence-electron chi connectivity index (χ1n) is 7.78. The van der Waals surface area contributed by atoms with Crippen LogP contribution in [0.5, 0.6) is 5.75 Å². The van der Waals surface area contributed by atoms with E-state index in [0.717, 1.165) is 16.3 Å². The summed E-state index contributed by atoms with van der Waals surface area (Å²) in [6.45, 7) is 3.14. The average molecular weight is 434 g/mol. The monoisotopic (exact) mass is 433 g/mol. The van der Waals surface area contributed by atoms with Crippen molar-refractivity contribution in [3.8, 4) is 5.75 Å². The number of anilines is 1. The zero-order valence-electron chi connectivity index (χ0n) is 14.1. The summed E-state index contributed by atoms with van der Waals surface area (Å²) in [7, 11) is -4.06. The summed E-state index contributed by atoms with van der Waals surface area (Å²) >= 11 is 3.42. The molecule has 0 spiro atoms. The number of carbonyl (C=O) groups is 1. The van der Waals surface area contributed by atoms with E-state index in [1.165, 1.54) is 19.1 Å². The molecule has 1 N–H and O–H groups in total. The summed E-state index contributed by atoms with van der Waals surface area (Å²) < 4.78 is 31.3. The lowest BCUT2D eigenvalue weighted by molar-refractivity contribution is -0.114. The number of amides is 1. The normalized spacial score (nSPS) is 11.3. The minimum atomic E-state index is -4.06. The van der Waals surface area contributed by atoms with Crippen LogP contribution < -0.4 is 9.50 Å². The van der Waals surface area contributed by atoms with E-state index in [0.29, 0.717) is 10.2 Å². The summed E-state index contributed by atoms with van der Waals surface area (Å²) in [5.74, 6) is -0.0776. The van der Waals surface area contributed by atoms with Crippen molar-refractivity contribution >= 4 is 48.4 Å². The topological polar surface area (TPSA) is 72.5 Å². The van der Waals surface area contributed by atoms with Crippen molar-refractivity contribution in [3.63, 3.8) is 0 Å². The van der Waals surface area contributed by atoms with Gasteiger partial charge in [0.05, 0.1) is 4.47 Å². The van der Waals surface area contributed by atoms with Crippen LogP contribution in [0.2, 0.25) is 0 Å². The Kier molecular flexibility index (Phi) is 5.02. The number of benzene rings is 3. The molecule has 26 heavy (non-hydrogen) atoms. The van der Waals surface area contributed by atoms with Gasteiger partial charge in [0.15, 0.2) is 5.75 Å². The van der Waals surface area contributed by atoms with Crippen LogP contribution in [0.4, 0.5) is 5.69 Å². The molecule has 0 bridgehead atoms. The molecule has 134 valence electrons. The number of carbonyl (C=O) groups excluding carboxylic acids is 1. The van der Waals surface area contributed by atoms with Gasteiger partial charge in [0.25, 0.3) is 0 Å². The van der Waals surface area contributed by atoms with Gasteiger partial charge in [-0.2, -0.15) is 8.42 Å². The zero-order chi connectivity index (χ0) is 18.9. The first-order valence-corrected chi connectivity index (χ1v) is 9.98. The SMILES string of the molecule is CC(=O)Nc1cc(S(=O)(=O)Oc2ccc3ccccc3c2Br)ccc1C. The lowest BCUT2D eigenvalue weighted by Crippen LogP contribution is -2.12. The highest BCUT2D eigenvalue weighted by Crippen LogP contribution is 2.35. The van der Waals surface area contributed by atoms with Gasteiger partial charge in [-0.25, -0.2) is 0 Å². The average Bonchev–Trinajstić information content (AvgIpc) is 2.59. The van der Waals surface area contributed by atoms with E-state index in [-0.39, 0.29) is 16.6 Å². The number of hydrogen-bond acceptors (Lipinski definition) is 4. The van der Waals surface area contributed by atoms with Crippen molar-refractivity contribution in [1.29, 1.82) is 0 Å². The first-order chi connectivity index (χ1) is 12.3. The Labute approximate surface area is 160 Å². The van der Waals surface area contributed by atoms with Gasteiger partial charge in [-0.15, -0.1) is 0 Å². The molecule has 0 unspecified atom stereocenters. The highest BCUT2D eigenvalue weighted by atomic mass is 79.9. The van der Waals surface area contributed by atoms with Crippen molar-refractivity contribution in [3.05, 3.63) is 64.6 Å². The van der Waals surface area contributed by atoms with Gasteiger partial charge in [0.1, 0.15) is 4.90 Å². The predicted molar refractivity (Wildman–Crippen MR) is 105 cm³/mol. The second-order valence-electron chi connectivity index (χ2n) is 5.79. The van der Waals surface area contributed by atoms with Crippen molar-refractivity contribution < 1.29 is 17.4 Å². The zero-order valence-corrected chi connectivity index (χ0v) is 16.5. The second kappa shape index (κ2) is 7.09. The number of nitrogens with one attached hydrogen (secondary N) is 1. The smallest absolute Gasteiger partial charge is 0.339 e. The molecular weight excluding hydrogens is 418 g/mol. The molecule has 0 fully saturated rings. The molecule has 3 rings (SSSR count). The van der Waals surface area contributed by atoms with Gasteiger partial charge in [-0.05, 0) is 57.4 Å². The lowest BCUT2D eigenvalue weighted by Gasteiger charge is -2.12. The van der Waals surface area contributed by atoms with Crippen LogP contribution in [0.1, 0.15) is 12.5 Å². The third-order valence-corrected chi connectivity index (χ3v) is 5.88. The highest BCUT2D eigenvalue weighted by molar-refractivity contribution is 9.10. The lowest BCUT2D eigenvalue weighted by atomic mass is 10.1. The Morgan fingerprint density at radius 3 is 2.54 bits per heavy atom. The van der Waals surface area contributed by atoms with Crippen molar-refractivity contribution in [1.82, 2.24) is 0 Å². The number of rotatable bonds is 4. The molecule has 3 aromatic carbocycles. The van der Waals surface area contributed by atoms with Crippen LogP contribution in [0.3, 0.4) is 0 Å². The van der Waals surface area contributed by atoms with E-state index in [4.69, 9.17) is 4.18 Å². The molecular formula is C19H16BrNO4S. The summed E-state index contributed by atoms with van der Waals surface area (Å²) in [6.07, 6.45) is 0. The summed E-state index contributed by atoms with van der Waals surface area (Å²) in [5.41, 5.74) is 1.19. The molecule has 7 heteroatoms. The van der Waals surface area contributed by atoms with Crippen molar-refractivity contribution in [2.24, 2.45) is 0 Å². The van der Waals surface area contributed by atoms with Gasteiger partial charge in [-0.3, -0.25) is 4.79 Å². The Balaban J connectivity index is 1.99. The van der Waals surface area contributed by atoms with Gasteiger partial charge in [-0.1, -0.05) is 36.4 Å². The highest BCUT2D eigenvalue weighted by Gasteiger charge is 2.20. The molecule has 0 aliphatic rings. The van der Waals surface area contributed by atoms with Crippen LogP contribution in [0.15, 0.2) is 64.0 Å². The van der Waals surface area contributed by atoms with Crippen LogP contribution in [0, 0.1) is 6.92 Å². The van der Waals surface area contributed by atoms with Crippen molar-refractivity contribution in [2.75, 3.05) is 5.32 Å². The summed E-state index contributed by atoms with van der Waals surface area (Å²) in [4.78, 5) is 11.3. The number of fused-ring (bicyclic) bond motifs is 1. The van der Waals surface area contributed by atoms with E-state index in [1.54, 1.807) is 25.1 Å². The second-order valence-corrected chi connectivity index (χ2v) is 8.13. The molecule has 0 atom stereocenters. The van der Waals surface area contributed by atoms with Crippen LogP contribution in [-0.4, -0.2) is 14.3 Å². The van der Waals surface area contributed by atoms with E-state index < -0.39 is 10.1 Å². The number of aryl methyl sites for hydroxylation is 1. The number of halogens is 1. The number of hydrogen-bond donors (Lipinski definition) is 1. The quantitative estimate of drug-likeness (QED) is 0.608. The van der Waals surface area contributed by atoms with E-state index in [9.17, 15) is 13.2 Å². The molecule has 5 nitrogen and oxygen atoms in total. The molecule has 1 amide bonds. The molecule has 3 aromatic rings. The van der Waals surface area contributed by atoms with E-state index >= 15 is 0 Å². The molecule has 0 heterocycles. The van der Waals surface area contributed by atoms with Crippen LogP contribution in [0.25, 0.3) is 10.8 Å². The minimum Gasteiger partial charge on any atom is -0.378 e. The molecule has 0 saturated carbocycles. The molecule has 0 saturated heterocycles. The molecule has 0 radical (unpaired) electrons. The van der Waals surface area contributed by atoms with Crippen molar-refractivity contribution in [2.45, 2.75) is 18.7 Å². The fraction of sp³-hybridized carbons (Fsp3) is 0.105. The van der Waals surface area contributed by atoms with E-state index in [1.807, 2.05) is 24.3 Å². The molecule has 0 aromatic heterocycles.